The van der Waals surface area contributed by atoms with Crippen molar-refractivity contribution in [2.75, 3.05) is 7.05 Å². The number of hydrogen-bond acceptors (Lipinski definition) is 4. The molecule has 0 radical (unpaired) electrons. The number of aromatic nitrogens is 1. The van der Waals surface area contributed by atoms with Crippen molar-refractivity contribution >= 4 is 33.2 Å². The summed E-state index contributed by atoms with van der Waals surface area (Å²) in [5, 5.41) is 1.91. The summed E-state index contributed by atoms with van der Waals surface area (Å²) in [6.07, 6.45) is 0. The zero-order chi connectivity index (χ0) is 18.5. The van der Waals surface area contributed by atoms with Crippen LogP contribution in [0.25, 0.3) is 0 Å². The smallest absolute Gasteiger partial charge is 0.254 e. The third kappa shape index (κ3) is 4.68. The zero-order valence-electron chi connectivity index (χ0n) is 14.0. The number of rotatable bonds is 6. The third-order valence-corrected chi connectivity index (χ3v) is 4.84. The highest BCUT2D eigenvalue weighted by atomic mass is 79.9. The van der Waals surface area contributed by atoms with Gasteiger partial charge in [0.1, 0.15) is 18.2 Å². The highest BCUT2D eigenvalue weighted by molar-refractivity contribution is 9.10. The maximum atomic E-state index is 13.9. The Labute approximate surface area is 163 Å². The van der Waals surface area contributed by atoms with Crippen molar-refractivity contribution in [2.24, 2.45) is 0 Å². The van der Waals surface area contributed by atoms with E-state index in [4.69, 9.17) is 4.74 Å². The van der Waals surface area contributed by atoms with Crippen molar-refractivity contribution in [2.45, 2.75) is 13.2 Å². The van der Waals surface area contributed by atoms with Crippen molar-refractivity contribution in [1.82, 2.24) is 9.88 Å². The van der Waals surface area contributed by atoms with Crippen molar-refractivity contribution in [1.29, 1.82) is 0 Å². The van der Waals surface area contributed by atoms with Gasteiger partial charge in [-0.25, -0.2) is 9.37 Å². The predicted molar refractivity (Wildman–Crippen MR) is 103 cm³/mol. The van der Waals surface area contributed by atoms with Crippen LogP contribution in [-0.2, 0) is 13.2 Å². The van der Waals surface area contributed by atoms with Gasteiger partial charge in [0.2, 0.25) is 0 Å². The Bertz CT molecular complexity index is 902. The van der Waals surface area contributed by atoms with Gasteiger partial charge >= 0.3 is 0 Å². The highest BCUT2D eigenvalue weighted by Crippen LogP contribution is 2.20. The Morgan fingerprint density at radius 1 is 1.31 bits per heavy atom. The van der Waals surface area contributed by atoms with Gasteiger partial charge in [0.15, 0.2) is 0 Å². The van der Waals surface area contributed by atoms with Gasteiger partial charge in [-0.2, -0.15) is 0 Å². The Hall–Kier alpha value is -2.25. The summed E-state index contributed by atoms with van der Waals surface area (Å²) in [5.74, 6) is 0.0440. The number of thiazole rings is 1. The van der Waals surface area contributed by atoms with Gasteiger partial charge in [0, 0.05) is 34.6 Å². The molecular formula is C19H16BrFN2O2S. The van der Waals surface area contributed by atoms with Crippen LogP contribution in [0.15, 0.2) is 57.8 Å². The molecule has 3 rings (SSSR count). The standard InChI is InChI=1S/C19H16BrFN2O2S/c1-23(9-14-7-15(20)5-6-18(14)21)19(24)13-3-2-4-17(8-13)25-10-16-11-26-12-22-16/h2-8,11-12H,9-10H2,1H3. The topological polar surface area (TPSA) is 42.4 Å². The number of benzene rings is 2. The van der Waals surface area contributed by atoms with E-state index in [1.807, 2.05) is 5.38 Å². The van der Waals surface area contributed by atoms with Crippen molar-refractivity contribution in [3.63, 3.8) is 0 Å². The van der Waals surface area contributed by atoms with Crippen LogP contribution in [0.3, 0.4) is 0 Å². The van der Waals surface area contributed by atoms with E-state index >= 15 is 0 Å². The van der Waals surface area contributed by atoms with Crippen molar-refractivity contribution in [3.8, 4) is 5.75 Å². The SMILES string of the molecule is CN(Cc1cc(Br)ccc1F)C(=O)c1cccc(OCc2cscn2)c1. The van der Waals surface area contributed by atoms with Crippen LogP contribution in [-0.4, -0.2) is 22.8 Å². The fourth-order valence-electron chi connectivity index (χ4n) is 2.40. The van der Waals surface area contributed by atoms with Crippen LogP contribution in [0.5, 0.6) is 5.75 Å². The monoisotopic (exact) mass is 434 g/mol. The molecule has 0 bridgehead atoms. The maximum absolute atomic E-state index is 13.9. The van der Waals surface area contributed by atoms with Crippen LogP contribution in [0.1, 0.15) is 21.6 Å². The second-order valence-electron chi connectivity index (χ2n) is 5.69. The largest absolute Gasteiger partial charge is 0.487 e. The second-order valence-corrected chi connectivity index (χ2v) is 7.33. The quantitative estimate of drug-likeness (QED) is 0.554. The molecule has 0 saturated heterocycles. The van der Waals surface area contributed by atoms with Gasteiger partial charge in [0.25, 0.3) is 5.91 Å². The third-order valence-electron chi connectivity index (χ3n) is 3.71. The van der Waals surface area contributed by atoms with Crippen LogP contribution in [0.2, 0.25) is 0 Å². The minimum atomic E-state index is -0.340. The molecule has 0 unspecified atom stereocenters. The lowest BCUT2D eigenvalue weighted by molar-refractivity contribution is 0.0783. The first kappa shape index (κ1) is 18.5. The first-order valence-electron chi connectivity index (χ1n) is 7.82. The van der Waals surface area contributed by atoms with E-state index in [-0.39, 0.29) is 18.3 Å². The number of carbonyl (C=O) groups is 1. The molecule has 0 spiro atoms. The molecule has 2 aromatic carbocycles. The summed E-state index contributed by atoms with van der Waals surface area (Å²) in [4.78, 5) is 18.3. The average Bonchev–Trinajstić information content (AvgIpc) is 3.16. The van der Waals surface area contributed by atoms with Crippen LogP contribution >= 0.6 is 27.3 Å². The molecule has 0 aliphatic carbocycles. The minimum Gasteiger partial charge on any atom is -0.487 e. The van der Waals surface area contributed by atoms with Gasteiger partial charge in [0.05, 0.1) is 11.2 Å². The summed E-state index contributed by atoms with van der Waals surface area (Å²) in [6, 6.07) is 11.6. The lowest BCUT2D eigenvalue weighted by Crippen LogP contribution is -2.26. The van der Waals surface area contributed by atoms with E-state index in [0.29, 0.717) is 23.5 Å². The molecule has 1 heterocycles. The second kappa shape index (κ2) is 8.42. The lowest BCUT2D eigenvalue weighted by Gasteiger charge is -2.18. The van der Waals surface area contributed by atoms with E-state index in [2.05, 4.69) is 20.9 Å². The molecule has 0 aliphatic heterocycles. The van der Waals surface area contributed by atoms with Crippen molar-refractivity contribution in [3.05, 3.63) is 80.5 Å². The predicted octanol–water partition coefficient (Wildman–Crippen LogP) is 4.90. The van der Waals surface area contributed by atoms with Crippen molar-refractivity contribution < 1.29 is 13.9 Å². The minimum absolute atomic E-state index is 0.175. The van der Waals surface area contributed by atoms with Gasteiger partial charge in [-0.3, -0.25) is 4.79 Å². The van der Waals surface area contributed by atoms with Crippen LogP contribution < -0.4 is 4.74 Å². The summed E-state index contributed by atoms with van der Waals surface area (Å²) in [6.45, 7) is 0.522. The van der Waals surface area contributed by atoms with Gasteiger partial charge in [-0.15, -0.1) is 11.3 Å². The number of carbonyl (C=O) groups excluding carboxylic acids is 1. The zero-order valence-corrected chi connectivity index (χ0v) is 16.4. The Kier molecular flexibility index (Phi) is 6.00. The first-order valence-corrected chi connectivity index (χ1v) is 9.56. The van der Waals surface area contributed by atoms with E-state index in [0.717, 1.165) is 10.2 Å². The average molecular weight is 435 g/mol. The first-order chi connectivity index (χ1) is 12.5. The van der Waals surface area contributed by atoms with E-state index < -0.39 is 0 Å². The Morgan fingerprint density at radius 3 is 2.92 bits per heavy atom. The Balaban J connectivity index is 1.68. The molecule has 0 atom stereocenters. The molecule has 26 heavy (non-hydrogen) atoms. The number of ether oxygens (including phenoxy) is 1. The lowest BCUT2D eigenvalue weighted by atomic mass is 10.1. The molecule has 0 saturated carbocycles. The van der Waals surface area contributed by atoms with Crippen LogP contribution in [0, 0.1) is 5.82 Å². The van der Waals surface area contributed by atoms with Gasteiger partial charge < -0.3 is 9.64 Å². The summed E-state index contributed by atoms with van der Waals surface area (Å²) < 4.78 is 20.4. The molecule has 7 heteroatoms. The number of amides is 1. The molecule has 0 N–H and O–H groups in total. The molecule has 0 aliphatic rings. The summed E-state index contributed by atoms with van der Waals surface area (Å²) >= 11 is 4.82. The molecule has 3 aromatic rings. The highest BCUT2D eigenvalue weighted by Gasteiger charge is 2.15. The molecule has 1 amide bonds. The van der Waals surface area contributed by atoms with Crippen LogP contribution in [0.4, 0.5) is 4.39 Å². The molecule has 4 nitrogen and oxygen atoms in total. The summed E-state index contributed by atoms with van der Waals surface area (Å²) in [5.41, 5.74) is 3.52. The van der Waals surface area contributed by atoms with E-state index in [1.54, 1.807) is 49.0 Å². The van der Waals surface area contributed by atoms with E-state index in [1.165, 1.54) is 22.3 Å². The summed E-state index contributed by atoms with van der Waals surface area (Å²) in [7, 11) is 1.64. The number of nitrogens with zero attached hydrogens (tertiary/aromatic N) is 2. The molecular weight excluding hydrogens is 419 g/mol. The molecule has 134 valence electrons. The van der Waals surface area contributed by atoms with Gasteiger partial charge in [-0.1, -0.05) is 22.0 Å². The fourth-order valence-corrected chi connectivity index (χ4v) is 3.35. The molecule has 0 fully saturated rings. The fraction of sp³-hybridized carbons (Fsp3) is 0.158. The Morgan fingerprint density at radius 2 is 2.15 bits per heavy atom. The number of hydrogen-bond donors (Lipinski definition) is 0. The normalized spacial score (nSPS) is 10.6. The maximum Gasteiger partial charge on any atom is 0.254 e. The van der Waals surface area contributed by atoms with E-state index in [9.17, 15) is 9.18 Å². The van der Waals surface area contributed by atoms with Gasteiger partial charge in [-0.05, 0) is 36.4 Å². The molecule has 1 aromatic heterocycles. The number of halogens is 2.